The average molecular weight is 156 g/mol. The second-order valence-electron chi connectivity index (χ2n) is 3.80. The Morgan fingerprint density at radius 2 is 2.09 bits per heavy atom. The predicted octanol–water partition coefficient (Wildman–Crippen LogP) is 0.250. The number of hydrogen-bond acceptors (Lipinski definition) is 2. The number of carbonyl (C=O) groups excluding carboxylic acids is 1. The number of nitrogens with one attached hydrogen (secondary N) is 1. The van der Waals surface area contributed by atoms with Gasteiger partial charge in [-0.15, -0.1) is 0 Å². The third kappa shape index (κ3) is 1.03. The molecule has 3 nitrogen and oxygen atoms in total. The van der Waals surface area contributed by atoms with Gasteiger partial charge < -0.3 is 11.1 Å². The number of primary amides is 1. The lowest BCUT2D eigenvalue weighted by atomic mass is 9.83. The summed E-state index contributed by atoms with van der Waals surface area (Å²) in [6, 6.07) is 0. The van der Waals surface area contributed by atoms with Gasteiger partial charge in [0.25, 0.3) is 0 Å². The minimum absolute atomic E-state index is 0.0909. The van der Waals surface area contributed by atoms with E-state index in [1.807, 2.05) is 6.92 Å². The SMILES string of the molecule is CNC(C)(C(N)=O)C1(C)CC1. The maximum absolute atomic E-state index is 11.1. The first-order valence-electron chi connectivity index (χ1n) is 3.95. The molecule has 1 amide bonds. The fourth-order valence-electron chi connectivity index (χ4n) is 1.41. The van der Waals surface area contributed by atoms with E-state index < -0.39 is 5.54 Å². The largest absolute Gasteiger partial charge is 0.368 e. The molecule has 1 aliphatic carbocycles. The molecule has 0 saturated heterocycles. The highest BCUT2D eigenvalue weighted by molar-refractivity contribution is 5.85. The summed E-state index contributed by atoms with van der Waals surface area (Å²) >= 11 is 0. The van der Waals surface area contributed by atoms with Gasteiger partial charge in [0.1, 0.15) is 0 Å². The molecule has 0 aliphatic heterocycles. The Hall–Kier alpha value is -0.570. The van der Waals surface area contributed by atoms with Crippen LogP contribution in [0.2, 0.25) is 0 Å². The van der Waals surface area contributed by atoms with Crippen molar-refractivity contribution in [3.05, 3.63) is 0 Å². The predicted molar refractivity (Wildman–Crippen MR) is 44.0 cm³/mol. The Morgan fingerprint density at radius 3 is 2.18 bits per heavy atom. The van der Waals surface area contributed by atoms with Gasteiger partial charge in [-0.2, -0.15) is 0 Å². The Kier molecular flexibility index (Phi) is 1.71. The van der Waals surface area contributed by atoms with Crippen LogP contribution in [0.1, 0.15) is 26.7 Å². The number of amides is 1. The average Bonchev–Trinajstić information content (AvgIpc) is 2.67. The van der Waals surface area contributed by atoms with E-state index in [-0.39, 0.29) is 11.3 Å². The van der Waals surface area contributed by atoms with Crippen molar-refractivity contribution in [2.75, 3.05) is 7.05 Å². The van der Waals surface area contributed by atoms with Gasteiger partial charge in [0.05, 0.1) is 5.54 Å². The number of rotatable bonds is 3. The van der Waals surface area contributed by atoms with E-state index in [1.54, 1.807) is 7.05 Å². The van der Waals surface area contributed by atoms with Crippen LogP contribution in [0.4, 0.5) is 0 Å². The lowest BCUT2D eigenvalue weighted by Crippen LogP contribution is -2.57. The molecule has 0 spiro atoms. The maximum Gasteiger partial charge on any atom is 0.237 e. The van der Waals surface area contributed by atoms with Crippen molar-refractivity contribution >= 4 is 5.91 Å². The molecule has 0 aromatic rings. The lowest BCUT2D eigenvalue weighted by Gasteiger charge is -2.32. The molecule has 3 N–H and O–H groups in total. The summed E-state index contributed by atoms with van der Waals surface area (Å²) in [6.07, 6.45) is 2.18. The van der Waals surface area contributed by atoms with E-state index in [1.165, 1.54) is 0 Å². The van der Waals surface area contributed by atoms with Crippen molar-refractivity contribution < 1.29 is 4.79 Å². The summed E-state index contributed by atoms with van der Waals surface area (Å²) in [5.74, 6) is -0.250. The van der Waals surface area contributed by atoms with E-state index in [0.29, 0.717) is 0 Å². The van der Waals surface area contributed by atoms with Gasteiger partial charge in [0.15, 0.2) is 0 Å². The van der Waals surface area contributed by atoms with Gasteiger partial charge in [-0.25, -0.2) is 0 Å². The Labute approximate surface area is 67.3 Å². The highest BCUT2D eigenvalue weighted by atomic mass is 16.1. The maximum atomic E-state index is 11.1. The number of carbonyl (C=O) groups is 1. The summed E-state index contributed by atoms with van der Waals surface area (Å²) in [6.45, 7) is 3.97. The van der Waals surface area contributed by atoms with E-state index in [0.717, 1.165) is 12.8 Å². The van der Waals surface area contributed by atoms with Crippen molar-refractivity contribution in [3.8, 4) is 0 Å². The topological polar surface area (TPSA) is 55.1 Å². The summed E-state index contributed by atoms with van der Waals surface area (Å²) in [4.78, 5) is 11.1. The van der Waals surface area contributed by atoms with Gasteiger partial charge in [-0.05, 0) is 32.2 Å². The summed E-state index contributed by atoms with van der Waals surface area (Å²) < 4.78 is 0. The molecule has 0 aromatic heterocycles. The third-order valence-electron chi connectivity index (χ3n) is 3.20. The Morgan fingerprint density at radius 1 is 1.64 bits per heavy atom. The molecular weight excluding hydrogens is 140 g/mol. The van der Waals surface area contributed by atoms with Crippen molar-refractivity contribution in [1.29, 1.82) is 0 Å². The molecule has 1 unspecified atom stereocenters. The standard InChI is InChI=1S/C8H16N2O/c1-7(4-5-7)8(2,10-3)6(9)11/h10H,4-5H2,1-3H3,(H2,9,11). The van der Waals surface area contributed by atoms with Gasteiger partial charge >= 0.3 is 0 Å². The molecule has 0 bridgehead atoms. The van der Waals surface area contributed by atoms with Gasteiger partial charge in [-0.3, -0.25) is 4.79 Å². The van der Waals surface area contributed by atoms with E-state index >= 15 is 0 Å². The number of nitrogens with two attached hydrogens (primary N) is 1. The van der Waals surface area contributed by atoms with Crippen LogP contribution in [0.25, 0.3) is 0 Å². The molecule has 3 heteroatoms. The molecule has 1 saturated carbocycles. The zero-order valence-corrected chi connectivity index (χ0v) is 7.40. The summed E-state index contributed by atoms with van der Waals surface area (Å²) in [5, 5.41) is 3.01. The molecule has 1 atom stereocenters. The molecule has 0 radical (unpaired) electrons. The highest BCUT2D eigenvalue weighted by Gasteiger charge is 2.55. The van der Waals surface area contributed by atoms with E-state index in [9.17, 15) is 4.79 Å². The van der Waals surface area contributed by atoms with Crippen LogP contribution in [-0.4, -0.2) is 18.5 Å². The fraction of sp³-hybridized carbons (Fsp3) is 0.875. The normalized spacial score (nSPS) is 25.7. The number of hydrogen-bond donors (Lipinski definition) is 2. The van der Waals surface area contributed by atoms with Crippen LogP contribution in [-0.2, 0) is 4.79 Å². The molecule has 11 heavy (non-hydrogen) atoms. The first-order chi connectivity index (χ1) is 4.96. The monoisotopic (exact) mass is 156 g/mol. The summed E-state index contributed by atoms with van der Waals surface area (Å²) in [5.41, 5.74) is 4.88. The second-order valence-corrected chi connectivity index (χ2v) is 3.80. The first-order valence-corrected chi connectivity index (χ1v) is 3.95. The fourth-order valence-corrected chi connectivity index (χ4v) is 1.41. The van der Waals surface area contributed by atoms with Gasteiger partial charge in [0.2, 0.25) is 5.91 Å². The van der Waals surface area contributed by atoms with Crippen molar-refractivity contribution in [1.82, 2.24) is 5.32 Å². The van der Waals surface area contributed by atoms with Crippen molar-refractivity contribution in [3.63, 3.8) is 0 Å². The molecule has 1 aliphatic rings. The molecule has 64 valence electrons. The summed E-state index contributed by atoms with van der Waals surface area (Å²) in [7, 11) is 1.79. The van der Waals surface area contributed by atoms with Gasteiger partial charge in [-0.1, -0.05) is 6.92 Å². The van der Waals surface area contributed by atoms with Crippen LogP contribution >= 0.6 is 0 Å². The Bertz CT molecular complexity index is 187. The zero-order chi connectivity index (χ0) is 8.70. The lowest BCUT2D eigenvalue weighted by molar-refractivity contribution is -0.126. The zero-order valence-electron chi connectivity index (χ0n) is 7.40. The first kappa shape index (κ1) is 8.53. The molecule has 1 rings (SSSR count). The van der Waals surface area contributed by atoms with Gasteiger partial charge in [0, 0.05) is 0 Å². The van der Waals surface area contributed by atoms with Crippen LogP contribution in [0, 0.1) is 5.41 Å². The van der Waals surface area contributed by atoms with Crippen LogP contribution in [0.5, 0.6) is 0 Å². The molecule has 0 heterocycles. The van der Waals surface area contributed by atoms with Crippen LogP contribution in [0.3, 0.4) is 0 Å². The molecular formula is C8H16N2O. The van der Waals surface area contributed by atoms with Crippen molar-refractivity contribution in [2.45, 2.75) is 32.2 Å². The third-order valence-corrected chi connectivity index (χ3v) is 3.20. The Balaban J connectivity index is 2.83. The number of likely N-dealkylation sites (N-methyl/N-ethyl adjacent to an activating group) is 1. The van der Waals surface area contributed by atoms with E-state index in [2.05, 4.69) is 12.2 Å². The molecule has 0 aromatic carbocycles. The minimum atomic E-state index is -0.521. The van der Waals surface area contributed by atoms with Crippen LogP contribution < -0.4 is 11.1 Å². The van der Waals surface area contributed by atoms with Crippen molar-refractivity contribution in [2.24, 2.45) is 11.1 Å². The smallest absolute Gasteiger partial charge is 0.237 e. The quantitative estimate of drug-likeness (QED) is 0.615. The minimum Gasteiger partial charge on any atom is -0.368 e. The van der Waals surface area contributed by atoms with Crippen LogP contribution in [0.15, 0.2) is 0 Å². The highest BCUT2D eigenvalue weighted by Crippen LogP contribution is 2.53. The van der Waals surface area contributed by atoms with E-state index in [4.69, 9.17) is 5.73 Å². The second kappa shape index (κ2) is 2.21. The molecule has 1 fully saturated rings.